The molecule has 0 bridgehead atoms. The van der Waals surface area contributed by atoms with Gasteiger partial charge in [0.05, 0.1) is 23.9 Å². The van der Waals surface area contributed by atoms with Crippen LogP contribution in [0.15, 0.2) is 47.5 Å². The number of hydrogen-bond donors (Lipinski definition) is 0. The zero-order valence-corrected chi connectivity index (χ0v) is 21.9. The highest BCUT2D eigenvalue weighted by Gasteiger charge is 2.28. The van der Waals surface area contributed by atoms with Crippen LogP contribution in [-0.4, -0.2) is 63.2 Å². The number of fused-ring (bicyclic) bond motifs is 2. The maximum absolute atomic E-state index is 12.9. The van der Waals surface area contributed by atoms with Gasteiger partial charge in [0, 0.05) is 25.4 Å². The molecule has 0 spiro atoms. The summed E-state index contributed by atoms with van der Waals surface area (Å²) in [4.78, 5) is 31.6. The van der Waals surface area contributed by atoms with Gasteiger partial charge >= 0.3 is 0 Å². The first-order chi connectivity index (χ1) is 17.3. The number of rotatable bonds is 9. The molecular weight excluding hydrogens is 502 g/mol. The number of aryl methyl sites for hydroxylation is 1. The number of ether oxygens (including phenoxy) is 2. The van der Waals surface area contributed by atoms with E-state index in [2.05, 4.69) is 4.99 Å². The summed E-state index contributed by atoms with van der Waals surface area (Å²) in [6, 6.07) is 13.0. The summed E-state index contributed by atoms with van der Waals surface area (Å²) < 4.78 is 39.0. The van der Waals surface area contributed by atoms with Gasteiger partial charge in [0.2, 0.25) is 5.91 Å². The van der Waals surface area contributed by atoms with Crippen LogP contribution in [0.3, 0.4) is 0 Å². The van der Waals surface area contributed by atoms with E-state index in [0.717, 1.165) is 34.3 Å². The van der Waals surface area contributed by atoms with E-state index in [-0.39, 0.29) is 0 Å². The average Bonchev–Trinajstić information content (AvgIpc) is 3.18. The minimum atomic E-state index is -4.01. The maximum Gasteiger partial charge on any atom is 0.263 e. The van der Waals surface area contributed by atoms with E-state index < -0.39 is 33.2 Å². The normalized spacial score (nSPS) is 14.2. The SMILES string of the molecule is CCOCCn1c(=NC(=O)CS(=O)(=O)CC(=O)N2CCCc3ccccc32)sc2cc(OC)ccc21. The van der Waals surface area contributed by atoms with Gasteiger partial charge in [-0.15, -0.1) is 0 Å². The number of hydrogen-bond acceptors (Lipinski definition) is 7. The van der Waals surface area contributed by atoms with Crippen LogP contribution in [0.25, 0.3) is 10.2 Å². The molecule has 4 rings (SSSR count). The molecular formula is C25H29N3O6S2. The number of benzene rings is 2. The number of aromatic nitrogens is 1. The van der Waals surface area contributed by atoms with Gasteiger partial charge in [-0.25, -0.2) is 8.42 Å². The molecule has 0 radical (unpaired) electrons. The second-order valence-electron chi connectivity index (χ2n) is 8.38. The van der Waals surface area contributed by atoms with Gasteiger partial charge in [0.1, 0.15) is 17.3 Å². The van der Waals surface area contributed by atoms with E-state index in [1.165, 1.54) is 16.2 Å². The van der Waals surface area contributed by atoms with E-state index in [9.17, 15) is 18.0 Å². The molecule has 1 aliphatic rings. The largest absolute Gasteiger partial charge is 0.497 e. The summed E-state index contributed by atoms with van der Waals surface area (Å²) >= 11 is 1.26. The molecule has 0 saturated carbocycles. The summed E-state index contributed by atoms with van der Waals surface area (Å²) in [5, 5.41) is 0. The number of carbonyl (C=O) groups is 2. The first kappa shape index (κ1) is 26.1. The first-order valence-electron chi connectivity index (χ1n) is 11.7. The van der Waals surface area contributed by atoms with Crippen molar-refractivity contribution in [2.45, 2.75) is 26.3 Å². The van der Waals surface area contributed by atoms with Gasteiger partial charge in [0.15, 0.2) is 14.6 Å². The van der Waals surface area contributed by atoms with Gasteiger partial charge in [-0.3, -0.25) is 9.59 Å². The van der Waals surface area contributed by atoms with Crippen LogP contribution in [0.2, 0.25) is 0 Å². The molecule has 0 unspecified atom stereocenters. The van der Waals surface area contributed by atoms with Crippen LogP contribution >= 0.6 is 11.3 Å². The lowest BCUT2D eigenvalue weighted by atomic mass is 10.0. The fraction of sp³-hybridized carbons (Fsp3) is 0.400. The van der Waals surface area contributed by atoms with Crippen molar-refractivity contribution in [1.29, 1.82) is 0 Å². The van der Waals surface area contributed by atoms with Crippen LogP contribution < -0.4 is 14.4 Å². The second kappa shape index (κ2) is 11.4. The Bertz CT molecular complexity index is 1440. The standard InChI is InChI=1S/C25H29N3O6S2/c1-3-34-14-13-28-21-11-10-19(33-2)15-22(21)35-25(28)26-23(29)16-36(31,32)17-24(30)27-12-6-8-18-7-4-5-9-20(18)27/h4-5,7,9-11,15H,3,6,8,12-14,16-17H2,1-2H3. The molecule has 1 aliphatic heterocycles. The Morgan fingerprint density at radius 3 is 2.72 bits per heavy atom. The molecule has 192 valence electrons. The smallest absolute Gasteiger partial charge is 0.263 e. The number of amides is 2. The number of methoxy groups -OCH3 is 1. The molecule has 0 N–H and O–H groups in total. The topological polar surface area (TPSA) is 107 Å². The predicted octanol–water partition coefficient (Wildman–Crippen LogP) is 2.57. The fourth-order valence-electron chi connectivity index (χ4n) is 4.22. The van der Waals surface area contributed by atoms with Crippen molar-refractivity contribution in [2.75, 3.05) is 43.3 Å². The number of anilines is 1. The van der Waals surface area contributed by atoms with Crippen LogP contribution in [-0.2, 0) is 37.1 Å². The van der Waals surface area contributed by atoms with E-state index in [1.54, 1.807) is 7.11 Å². The maximum atomic E-state index is 12.9. The van der Waals surface area contributed by atoms with E-state index in [0.29, 0.717) is 36.9 Å². The van der Waals surface area contributed by atoms with Gasteiger partial charge in [-0.1, -0.05) is 29.5 Å². The Labute approximate surface area is 213 Å². The van der Waals surface area contributed by atoms with Gasteiger partial charge in [0.25, 0.3) is 5.91 Å². The summed E-state index contributed by atoms with van der Waals surface area (Å²) in [6.07, 6.45) is 1.60. The van der Waals surface area contributed by atoms with Crippen molar-refractivity contribution >= 4 is 48.9 Å². The Morgan fingerprint density at radius 1 is 1.14 bits per heavy atom. The Kier molecular flexibility index (Phi) is 8.22. The van der Waals surface area contributed by atoms with Gasteiger partial charge < -0.3 is 18.9 Å². The van der Waals surface area contributed by atoms with E-state index in [4.69, 9.17) is 9.47 Å². The highest BCUT2D eigenvalue weighted by Crippen LogP contribution is 2.27. The third-order valence-electron chi connectivity index (χ3n) is 5.87. The minimum absolute atomic E-state index is 0.370. The molecule has 0 atom stereocenters. The van der Waals surface area contributed by atoms with Crippen molar-refractivity contribution in [1.82, 2.24) is 4.57 Å². The Morgan fingerprint density at radius 2 is 1.94 bits per heavy atom. The third kappa shape index (κ3) is 6.03. The molecule has 2 heterocycles. The summed E-state index contributed by atoms with van der Waals surface area (Å²) in [6.45, 7) is 3.76. The number of para-hydroxylation sites is 1. The van der Waals surface area contributed by atoms with Crippen LogP contribution in [0, 0.1) is 0 Å². The number of sulfone groups is 1. The molecule has 0 saturated heterocycles. The monoisotopic (exact) mass is 531 g/mol. The second-order valence-corrected chi connectivity index (χ2v) is 11.5. The Hall–Kier alpha value is -3.02. The molecule has 1 aromatic heterocycles. The first-order valence-corrected chi connectivity index (χ1v) is 14.4. The summed E-state index contributed by atoms with van der Waals surface area (Å²) in [7, 11) is -2.44. The predicted molar refractivity (Wildman–Crippen MR) is 139 cm³/mol. The lowest BCUT2D eigenvalue weighted by Crippen LogP contribution is -2.40. The van der Waals surface area contributed by atoms with Crippen LogP contribution in [0.4, 0.5) is 5.69 Å². The zero-order chi connectivity index (χ0) is 25.7. The molecule has 2 aromatic carbocycles. The summed E-state index contributed by atoms with van der Waals surface area (Å²) in [5.41, 5.74) is 2.59. The number of carbonyl (C=O) groups excluding carboxylic acids is 2. The zero-order valence-electron chi connectivity index (χ0n) is 20.3. The molecule has 3 aromatic rings. The van der Waals surface area contributed by atoms with Crippen LogP contribution in [0.5, 0.6) is 5.75 Å². The molecule has 0 aliphatic carbocycles. The van der Waals surface area contributed by atoms with Gasteiger partial charge in [-0.05, 0) is 49.6 Å². The quantitative estimate of drug-likeness (QED) is 0.393. The lowest BCUT2D eigenvalue weighted by Gasteiger charge is -2.29. The number of thiazole rings is 1. The minimum Gasteiger partial charge on any atom is -0.497 e. The third-order valence-corrected chi connectivity index (χ3v) is 8.29. The lowest BCUT2D eigenvalue weighted by molar-refractivity contribution is -0.116. The van der Waals surface area contributed by atoms with E-state index in [1.807, 2.05) is 54.0 Å². The van der Waals surface area contributed by atoms with Crippen molar-refractivity contribution in [3.8, 4) is 5.75 Å². The molecule has 11 heteroatoms. The molecule has 0 fully saturated rings. The van der Waals surface area contributed by atoms with E-state index >= 15 is 0 Å². The number of nitrogens with zero attached hydrogens (tertiary/aromatic N) is 3. The van der Waals surface area contributed by atoms with Crippen molar-refractivity contribution < 1.29 is 27.5 Å². The highest BCUT2D eigenvalue weighted by atomic mass is 32.2. The average molecular weight is 532 g/mol. The van der Waals surface area contributed by atoms with Crippen molar-refractivity contribution in [3.63, 3.8) is 0 Å². The highest BCUT2D eigenvalue weighted by molar-refractivity contribution is 7.92. The van der Waals surface area contributed by atoms with Crippen molar-refractivity contribution in [3.05, 3.63) is 52.8 Å². The molecule has 9 nitrogen and oxygen atoms in total. The van der Waals surface area contributed by atoms with Crippen LogP contribution in [0.1, 0.15) is 18.9 Å². The summed E-state index contributed by atoms with van der Waals surface area (Å²) in [5.74, 6) is -2.26. The fourth-order valence-corrected chi connectivity index (χ4v) is 6.40. The van der Waals surface area contributed by atoms with Crippen molar-refractivity contribution in [2.24, 2.45) is 4.99 Å². The Balaban J connectivity index is 1.54. The molecule has 36 heavy (non-hydrogen) atoms. The van der Waals surface area contributed by atoms with Gasteiger partial charge in [-0.2, -0.15) is 4.99 Å². The molecule has 2 amide bonds.